The zero-order valence-corrected chi connectivity index (χ0v) is 12.7. The molecular formula is C14H22N2O3S. The van der Waals surface area contributed by atoms with Crippen molar-refractivity contribution in [2.75, 3.05) is 43.5 Å². The van der Waals surface area contributed by atoms with Crippen LogP contribution in [0.1, 0.15) is 12.5 Å². The Bertz CT molecular complexity index is 508. The zero-order valence-electron chi connectivity index (χ0n) is 11.8. The number of morpholine rings is 1. The summed E-state index contributed by atoms with van der Waals surface area (Å²) in [4.78, 5) is 2.30. The van der Waals surface area contributed by atoms with Gasteiger partial charge >= 0.3 is 0 Å². The highest BCUT2D eigenvalue weighted by Crippen LogP contribution is 2.16. The largest absolute Gasteiger partial charge is 0.378 e. The smallest absolute Gasteiger partial charge is 0.211 e. The molecule has 20 heavy (non-hydrogen) atoms. The van der Waals surface area contributed by atoms with E-state index in [1.165, 1.54) is 5.69 Å². The summed E-state index contributed by atoms with van der Waals surface area (Å²) < 4.78 is 30.6. The van der Waals surface area contributed by atoms with Crippen molar-refractivity contribution in [3.63, 3.8) is 0 Å². The van der Waals surface area contributed by atoms with Gasteiger partial charge in [-0.15, -0.1) is 0 Å². The Labute approximate surface area is 121 Å². The van der Waals surface area contributed by atoms with E-state index in [1.807, 2.05) is 0 Å². The van der Waals surface area contributed by atoms with E-state index in [0.717, 1.165) is 31.9 Å². The minimum atomic E-state index is -3.09. The van der Waals surface area contributed by atoms with Gasteiger partial charge in [0.25, 0.3) is 0 Å². The maximum atomic E-state index is 11.3. The van der Waals surface area contributed by atoms with E-state index in [0.29, 0.717) is 13.0 Å². The molecule has 0 saturated carbocycles. The van der Waals surface area contributed by atoms with Crippen LogP contribution in [0, 0.1) is 0 Å². The van der Waals surface area contributed by atoms with Crippen molar-refractivity contribution in [2.24, 2.45) is 0 Å². The van der Waals surface area contributed by atoms with Crippen LogP contribution in [0.15, 0.2) is 24.3 Å². The molecule has 0 atom stereocenters. The van der Waals surface area contributed by atoms with E-state index in [-0.39, 0.29) is 5.75 Å². The molecule has 0 spiro atoms. The van der Waals surface area contributed by atoms with E-state index in [4.69, 9.17) is 4.74 Å². The summed E-state index contributed by atoms with van der Waals surface area (Å²) in [5.74, 6) is 0.128. The minimum Gasteiger partial charge on any atom is -0.378 e. The lowest BCUT2D eigenvalue weighted by Crippen LogP contribution is -2.36. The van der Waals surface area contributed by atoms with Crippen molar-refractivity contribution in [2.45, 2.75) is 13.3 Å². The van der Waals surface area contributed by atoms with E-state index >= 15 is 0 Å². The average Bonchev–Trinajstić information content (AvgIpc) is 2.49. The van der Waals surface area contributed by atoms with Crippen molar-refractivity contribution in [3.8, 4) is 0 Å². The molecule has 1 aromatic carbocycles. The number of hydrogen-bond donors (Lipinski definition) is 1. The van der Waals surface area contributed by atoms with Crippen LogP contribution in [0.3, 0.4) is 0 Å². The molecule has 1 aromatic rings. The van der Waals surface area contributed by atoms with E-state index in [2.05, 4.69) is 33.9 Å². The second-order valence-corrected chi connectivity index (χ2v) is 6.91. The van der Waals surface area contributed by atoms with E-state index in [1.54, 1.807) is 6.92 Å². The summed E-state index contributed by atoms with van der Waals surface area (Å²) in [5, 5.41) is 0. The number of sulfonamides is 1. The van der Waals surface area contributed by atoms with Crippen LogP contribution < -0.4 is 9.62 Å². The Morgan fingerprint density at radius 1 is 1.20 bits per heavy atom. The van der Waals surface area contributed by atoms with Crippen LogP contribution in [0.2, 0.25) is 0 Å². The fraction of sp³-hybridized carbons (Fsp3) is 0.571. The third kappa shape index (κ3) is 4.47. The van der Waals surface area contributed by atoms with Crippen molar-refractivity contribution in [3.05, 3.63) is 29.8 Å². The second kappa shape index (κ2) is 7.06. The van der Waals surface area contributed by atoms with Gasteiger partial charge in [0.2, 0.25) is 10.0 Å². The van der Waals surface area contributed by atoms with Gasteiger partial charge in [-0.3, -0.25) is 0 Å². The summed E-state index contributed by atoms with van der Waals surface area (Å²) >= 11 is 0. The molecule has 6 heteroatoms. The lowest BCUT2D eigenvalue weighted by Gasteiger charge is -2.28. The lowest BCUT2D eigenvalue weighted by molar-refractivity contribution is 0.122. The number of ether oxygens (including phenoxy) is 1. The molecule has 1 N–H and O–H groups in total. The quantitative estimate of drug-likeness (QED) is 0.851. The molecule has 1 heterocycles. The van der Waals surface area contributed by atoms with Gasteiger partial charge < -0.3 is 9.64 Å². The third-order valence-corrected chi connectivity index (χ3v) is 4.83. The number of anilines is 1. The maximum Gasteiger partial charge on any atom is 0.211 e. The normalized spacial score (nSPS) is 16.4. The molecule has 0 radical (unpaired) electrons. The first kappa shape index (κ1) is 15.3. The Morgan fingerprint density at radius 2 is 1.85 bits per heavy atom. The molecule has 0 aromatic heterocycles. The fourth-order valence-corrected chi connectivity index (χ4v) is 2.77. The molecule has 0 bridgehead atoms. The van der Waals surface area contributed by atoms with Gasteiger partial charge in [-0.25, -0.2) is 13.1 Å². The predicted octanol–water partition coefficient (Wildman–Crippen LogP) is 1.00. The van der Waals surface area contributed by atoms with Crippen LogP contribution in [-0.2, 0) is 21.2 Å². The number of nitrogens with zero attached hydrogens (tertiary/aromatic N) is 1. The van der Waals surface area contributed by atoms with Gasteiger partial charge in [-0.1, -0.05) is 12.1 Å². The number of benzene rings is 1. The van der Waals surface area contributed by atoms with E-state index < -0.39 is 10.0 Å². The van der Waals surface area contributed by atoms with Crippen LogP contribution in [0.4, 0.5) is 5.69 Å². The van der Waals surface area contributed by atoms with Gasteiger partial charge in [0.15, 0.2) is 0 Å². The maximum absolute atomic E-state index is 11.3. The third-order valence-electron chi connectivity index (χ3n) is 3.43. The first-order valence-electron chi connectivity index (χ1n) is 7.00. The van der Waals surface area contributed by atoms with Crippen LogP contribution in [-0.4, -0.2) is 47.0 Å². The van der Waals surface area contributed by atoms with Gasteiger partial charge in [-0.05, 0) is 31.0 Å². The molecular weight excluding hydrogens is 276 g/mol. The number of hydrogen-bond acceptors (Lipinski definition) is 4. The van der Waals surface area contributed by atoms with Gasteiger partial charge in [0.05, 0.1) is 19.0 Å². The molecule has 5 nitrogen and oxygen atoms in total. The zero-order chi connectivity index (χ0) is 14.4. The van der Waals surface area contributed by atoms with Gasteiger partial charge in [0.1, 0.15) is 0 Å². The highest BCUT2D eigenvalue weighted by Gasteiger charge is 2.11. The summed E-state index contributed by atoms with van der Waals surface area (Å²) in [6.07, 6.45) is 0.711. The predicted molar refractivity (Wildman–Crippen MR) is 80.6 cm³/mol. The molecule has 1 fully saturated rings. The van der Waals surface area contributed by atoms with Crippen LogP contribution in [0.25, 0.3) is 0 Å². The Kier molecular flexibility index (Phi) is 5.39. The van der Waals surface area contributed by atoms with Crippen LogP contribution in [0.5, 0.6) is 0 Å². The fourth-order valence-electron chi connectivity index (χ4n) is 2.15. The molecule has 112 valence electrons. The minimum absolute atomic E-state index is 0.128. The van der Waals surface area contributed by atoms with Crippen molar-refractivity contribution < 1.29 is 13.2 Å². The van der Waals surface area contributed by atoms with Gasteiger partial charge in [0, 0.05) is 25.3 Å². The highest BCUT2D eigenvalue weighted by molar-refractivity contribution is 7.89. The SMILES string of the molecule is CCS(=O)(=O)NCCc1ccc(N2CCOCC2)cc1. The molecule has 0 amide bonds. The molecule has 0 unspecified atom stereocenters. The summed E-state index contributed by atoms with van der Waals surface area (Å²) in [7, 11) is -3.09. The van der Waals surface area contributed by atoms with Gasteiger partial charge in [-0.2, -0.15) is 0 Å². The van der Waals surface area contributed by atoms with Crippen molar-refractivity contribution in [1.29, 1.82) is 0 Å². The highest BCUT2D eigenvalue weighted by atomic mass is 32.2. The van der Waals surface area contributed by atoms with Crippen molar-refractivity contribution >= 4 is 15.7 Å². The summed E-state index contributed by atoms with van der Waals surface area (Å²) in [6, 6.07) is 8.31. The summed E-state index contributed by atoms with van der Waals surface area (Å²) in [5.41, 5.74) is 2.34. The molecule has 2 rings (SSSR count). The number of rotatable bonds is 6. The molecule has 1 aliphatic heterocycles. The average molecular weight is 298 g/mol. The Hall–Kier alpha value is -1.11. The Morgan fingerprint density at radius 3 is 2.45 bits per heavy atom. The second-order valence-electron chi connectivity index (χ2n) is 4.81. The number of nitrogens with one attached hydrogen (secondary N) is 1. The standard InChI is InChI=1S/C14H22N2O3S/c1-2-20(17,18)15-8-7-13-3-5-14(6-4-13)16-9-11-19-12-10-16/h3-6,15H,2,7-12H2,1H3. The molecule has 0 aliphatic carbocycles. The monoisotopic (exact) mass is 298 g/mol. The first-order valence-corrected chi connectivity index (χ1v) is 8.65. The summed E-state index contributed by atoms with van der Waals surface area (Å²) in [6.45, 7) is 5.50. The van der Waals surface area contributed by atoms with Crippen molar-refractivity contribution in [1.82, 2.24) is 4.72 Å². The van der Waals surface area contributed by atoms with Crippen LogP contribution >= 0.6 is 0 Å². The molecule has 1 saturated heterocycles. The van der Waals surface area contributed by atoms with E-state index in [9.17, 15) is 8.42 Å². The lowest BCUT2D eigenvalue weighted by atomic mass is 10.1. The first-order chi connectivity index (χ1) is 9.61. The Balaban J connectivity index is 1.85. The topological polar surface area (TPSA) is 58.6 Å². The molecule has 1 aliphatic rings.